The lowest BCUT2D eigenvalue weighted by Gasteiger charge is -2.17. The van der Waals surface area contributed by atoms with Gasteiger partial charge in [0.25, 0.3) is 0 Å². The van der Waals surface area contributed by atoms with Crippen LogP contribution in [-0.2, 0) is 19.9 Å². The second-order valence-corrected chi connectivity index (χ2v) is 5.61. The number of hydrogen-bond acceptors (Lipinski definition) is 2. The Kier molecular flexibility index (Phi) is 5.51. The Balaban J connectivity index is 2.08. The van der Waals surface area contributed by atoms with Crippen molar-refractivity contribution in [2.75, 3.05) is 13.1 Å². The van der Waals surface area contributed by atoms with Crippen molar-refractivity contribution >= 4 is 0 Å². The Labute approximate surface area is 126 Å². The van der Waals surface area contributed by atoms with Crippen molar-refractivity contribution in [2.45, 2.75) is 26.7 Å². The molecular formula is C17H24FN3. The molecule has 0 fully saturated rings. The van der Waals surface area contributed by atoms with Gasteiger partial charge < -0.3 is 5.32 Å². The fraction of sp³-hybridized carbons (Fsp3) is 0.471. The van der Waals surface area contributed by atoms with E-state index in [4.69, 9.17) is 0 Å². The molecule has 0 saturated carbocycles. The molecule has 0 saturated heterocycles. The number of benzene rings is 1. The van der Waals surface area contributed by atoms with Crippen LogP contribution in [0.25, 0.3) is 0 Å². The monoisotopic (exact) mass is 289 g/mol. The lowest BCUT2D eigenvalue weighted by molar-refractivity contribution is 0.463. The van der Waals surface area contributed by atoms with Gasteiger partial charge in [0.05, 0.1) is 5.69 Å². The minimum absolute atomic E-state index is 0.161. The van der Waals surface area contributed by atoms with E-state index >= 15 is 0 Å². The lowest BCUT2D eigenvalue weighted by atomic mass is 9.94. The third kappa shape index (κ3) is 4.67. The minimum atomic E-state index is -0.161. The summed E-state index contributed by atoms with van der Waals surface area (Å²) in [7, 11) is 1.98. The van der Waals surface area contributed by atoms with Crippen LogP contribution >= 0.6 is 0 Å². The predicted octanol–water partition coefficient (Wildman–Crippen LogP) is 2.88. The fourth-order valence-electron chi connectivity index (χ4n) is 2.71. The molecule has 1 unspecified atom stereocenters. The summed E-state index contributed by atoms with van der Waals surface area (Å²) < 4.78 is 15.3. The minimum Gasteiger partial charge on any atom is -0.317 e. The molecule has 21 heavy (non-hydrogen) atoms. The van der Waals surface area contributed by atoms with Gasteiger partial charge in [0.1, 0.15) is 5.82 Å². The molecule has 3 nitrogen and oxygen atoms in total. The molecule has 0 spiro atoms. The van der Waals surface area contributed by atoms with Crippen molar-refractivity contribution in [1.82, 2.24) is 15.1 Å². The first-order valence-electron chi connectivity index (χ1n) is 7.53. The van der Waals surface area contributed by atoms with Crippen LogP contribution in [0.2, 0.25) is 0 Å². The van der Waals surface area contributed by atoms with Gasteiger partial charge in [-0.25, -0.2) is 4.39 Å². The number of aromatic nitrogens is 2. The standard InChI is InChI=1S/C17H24FN3/c1-4-19-12-15(9-14-6-5-7-16(18)10-14)11-17-8-13(2)20-21(17)3/h5-8,10,15,19H,4,9,11-12H2,1-3H3. The van der Waals surface area contributed by atoms with Gasteiger partial charge in [-0.3, -0.25) is 4.68 Å². The van der Waals surface area contributed by atoms with Gasteiger partial charge in [-0.15, -0.1) is 0 Å². The maximum atomic E-state index is 13.3. The van der Waals surface area contributed by atoms with Crippen LogP contribution in [0.4, 0.5) is 4.39 Å². The topological polar surface area (TPSA) is 29.9 Å². The van der Waals surface area contributed by atoms with Crippen LogP contribution in [0, 0.1) is 18.7 Å². The highest BCUT2D eigenvalue weighted by Gasteiger charge is 2.14. The molecule has 0 radical (unpaired) electrons. The fourth-order valence-corrected chi connectivity index (χ4v) is 2.71. The van der Waals surface area contributed by atoms with E-state index in [2.05, 4.69) is 23.4 Å². The first kappa shape index (κ1) is 15.7. The van der Waals surface area contributed by atoms with E-state index in [0.29, 0.717) is 5.92 Å². The van der Waals surface area contributed by atoms with Gasteiger partial charge >= 0.3 is 0 Å². The molecule has 0 aliphatic heterocycles. The van der Waals surface area contributed by atoms with Gasteiger partial charge in [-0.05, 0) is 62.5 Å². The number of hydrogen-bond donors (Lipinski definition) is 1. The van der Waals surface area contributed by atoms with E-state index in [1.54, 1.807) is 12.1 Å². The Hall–Kier alpha value is -1.68. The lowest BCUT2D eigenvalue weighted by Crippen LogP contribution is -2.26. The highest BCUT2D eigenvalue weighted by Crippen LogP contribution is 2.16. The number of nitrogens with zero attached hydrogens (tertiary/aromatic N) is 2. The maximum absolute atomic E-state index is 13.3. The van der Waals surface area contributed by atoms with Gasteiger partial charge in [-0.2, -0.15) is 5.10 Å². The van der Waals surface area contributed by atoms with Crippen LogP contribution in [-0.4, -0.2) is 22.9 Å². The van der Waals surface area contributed by atoms with Crippen LogP contribution in [0.1, 0.15) is 23.9 Å². The Morgan fingerprint density at radius 1 is 1.29 bits per heavy atom. The summed E-state index contributed by atoms with van der Waals surface area (Å²) in [5.41, 5.74) is 3.32. The number of rotatable bonds is 7. The molecule has 1 atom stereocenters. The average Bonchev–Trinajstić information content (AvgIpc) is 2.74. The van der Waals surface area contributed by atoms with E-state index in [0.717, 1.165) is 37.2 Å². The van der Waals surface area contributed by atoms with Crippen LogP contribution in [0.3, 0.4) is 0 Å². The highest BCUT2D eigenvalue weighted by molar-refractivity contribution is 5.18. The molecule has 0 aliphatic carbocycles. The van der Waals surface area contributed by atoms with Crippen molar-refractivity contribution in [2.24, 2.45) is 13.0 Å². The maximum Gasteiger partial charge on any atom is 0.123 e. The van der Waals surface area contributed by atoms with Crippen molar-refractivity contribution in [3.8, 4) is 0 Å². The average molecular weight is 289 g/mol. The SMILES string of the molecule is CCNCC(Cc1cccc(F)c1)Cc1cc(C)nn1C. The first-order valence-corrected chi connectivity index (χ1v) is 7.53. The van der Waals surface area contributed by atoms with E-state index in [1.807, 2.05) is 24.7 Å². The van der Waals surface area contributed by atoms with Gasteiger partial charge in [-0.1, -0.05) is 19.1 Å². The van der Waals surface area contributed by atoms with Crippen molar-refractivity contribution in [3.05, 3.63) is 53.1 Å². The van der Waals surface area contributed by atoms with E-state index in [-0.39, 0.29) is 5.82 Å². The number of aryl methyl sites for hydroxylation is 2. The van der Waals surface area contributed by atoms with E-state index in [9.17, 15) is 4.39 Å². The molecule has 114 valence electrons. The molecule has 0 aliphatic rings. The smallest absolute Gasteiger partial charge is 0.123 e. The summed E-state index contributed by atoms with van der Waals surface area (Å²) in [5, 5.41) is 7.81. The highest BCUT2D eigenvalue weighted by atomic mass is 19.1. The molecule has 1 heterocycles. The summed E-state index contributed by atoms with van der Waals surface area (Å²) in [6.45, 7) is 5.99. The van der Waals surface area contributed by atoms with E-state index < -0.39 is 0 Å². The second kappa shape index (κ2) is 7.36. The van der Waals surface area contributed by atoms with Crippen LogP contribution in [0.15, 0.2) is 30.3 Å². The molecule has 1 aromatic heterocycles. The van der Waals surface area contributed by atoms with Crippen molar-refractivity contribution < 1.29 is 4.39 Å². The number of halogens is 1. The van der Waals surface area contributed by atoms with Gasteiger partial charge in [0.15, 0.2) is 0 Å². The zero-order valence-electron chi connectivity index (χ0n) is 13.1. The molecule has 0 amide bonds. The molecule has 2 aromatic rings. The Bertz CT molecular complexity index is 577. The summed E-state index contributed by atoms with van der Waals surface area (Å²) in [6, 6.07) is 9.03. The van der Waals surface area contributed by atoms with E-state index in [1.165, 1.54) is 11.8 Å². The third-order valence-corrected chi connectivity index (χ3v) is 3.69. The molecule has 2 rings (SSSR count). The zero-order valence-corrected chi connectivity index (χ0v) is 13.1. The second-order valence-electron chi connectivity index (χ2n) is 5.61. The van der Waals surface area contributed by atoms with Crippen LogP contribution in [0.5, 0.6) is 0 Å². The molecule has 1 aromatic carbocycles. The van der Waals surface area contributed by atoms with Crippen LogP contribution < -0.4 is 5.32 Å². The summed E-state index contributed by atoms with van der Waals surface area (Å²) in [5.74, 6) is 0.271. The summed E-state index contributed by atoms with van der Waals surface area (Å²) >= 11 is 0. The third-order valence-electron chi connectivity index (χ3n) is 3.69. The van der Waals surface area contributed by atoms with Gasteiger partial charge in [0.2, 0.25) is 0 Å². The molecular weight excluding hydrogens is 265 g/mol. The molecule has 1 N–H and O–H groups in total. The normalized spacial score (nSPS) is 12.6. The summed E-state index contributed by atoms with van der Waals surface area (Å²) in [4.78, 5) is 0. The number of nitrogens with one attached hydrogen (secondary N) is 1. The first-order chi connectivity index (χ1) is 10.1. The Morgan fingerprint density at radius 2 is 2.10 bits per heavy atom. The van der Waals surface area contributed by atoms with Crippen molar-refractivity contribution in [3.63, 3.8) is 0 Å². The predicted molar refractivity (Wildman–Crippen MR) is 83.8 cm³/mol. The van der Waals surface area contributed by atoms with Gasteiger partial charge in [0, 0.05) is 12.7 Å². The molecule has 4 heteroatoms. The largest absolute Gasteiger partial charge is 0.317 e. The molecule has 0 bridgehead atoms. The summed E-state index contributed by atoms with van der Waals surface area (Å²) in [6.07, 6.45) is 1.82. The Morgan fingerprint density at radius 3 is 2.71 bits per heavy atom. The quantitative estimate of drug-likeness (QED) is 0.849. The van der Waals surface area contributed by atoms with Crippen molar-refractivity contribution in [1.29, 1.82) is 0 Å². The zero-order chi connectivity index (χ0) is 15.2.